The zero-order valence-corrected chi connectivity index (χ0v) is 14.6. The molecular formula is C18H27N3O2. The van der Waals surface area contributed by atoms with Crippen LogP contribution >= 0.6 is 0 Å². The highest BCUT2D eigenvalue weighted by Gasteiger charge is 2.29. The Kier molecular flexibility index (Phi) is 6.26. The average Bonchev–Trinajstić information content (AvgIpc) is 2.57. The highest BCUT2D eigenvalue weighted by atomic mass is 16.5. The molecule has 1 aliphatic heterocycles. The summed E-state index contributed by atoms with van der Waals surface area (Å²) in [4.78, 5) is 4.76. The van der Waals surface area contributed by atoms with Crippen molar-refractivity contribution in [3.8, 4) is 17.6 Å². The van der Waals surface area contributed by atoms with E-state index in [1.54, 1.807) is 14.2 Å². The highest BCUT2D eigenvalue weighted by molar-refractivity contribution is 5.44. The SMILES string of the molecule is CCCN1CCN(C(C#N)c2ccc(OC)c(OC)c2)CC1C. The van der Waals surface area contributed by atoms with E-state index in [-0.39, 0.29) is 6.04 Å². The summed E-state index contributed by atoms with van der Waals surface area (Å²) in [5.41, 5.74) is 0.960. The van der Waals surface area contributed by atoms with Crippen molar-refractivity contribution >= 4 is 0 Å². The summed E-state index contributed by atoms with van der Waals surface area (Å²) in [5.74, 6) is 1.36. The summed E-state index contributed by atoms with van der Waals surface area (Å²) in [6.07, 6.45) is 1.17. The summed E-state index contributed by atoms with van der Waals surface area (Å²) in [6.45, 7) is 8.41. The van der Waals surface area contributed by atoms with Gasteiger partial charge in [0.1, 0.15) is 6.04 Å². The average molecular weight is 317 g/mol. The third kappa shape index (κ3) is 3.95. The van der Waals surface area contributed by atoms with Gasteiger partial charge in [-0.25, -0.2) is 0 Å². The van der Waals surface area contributed by atoms with Gasteiger partial charge in [0.05, 0.1) is 20.3 Å². The lowest BCUT2D eigenvalue weighted by Gasteiger charge is -2.41. The molecule has 5 nitrogen and oxygen atoms in total. The van der Waals surface area contributed by atoms with Gasteiger partial charge < -0.3 is 9.47 Å². The Labute approximate surface area is 139 Å². The Bertz CT molecular complexity index is 556. The molecule has 0 aromatic heterocycles. The minimum Gasteiger partial charge on any atom is -0.493 e. The molecule has 0 bridgehead atoms. The molecule has 0 amide bonds. The van der Waals surface area contributed by atoms with Crippen molar-refractivity contribution in [1.82, 2.24) is 9.80 Å². The number of nitriles is 1. The zero-order chi connectivity index (χ0) is 16.8. The summed E-state index contributed by atoms with van der Waals surface area (Å²) < 4.78 is 10.6. The first-order chi connectivity index (χ1) is 11.1. The van der Waals surface area contributed by atoms with Crippen LogP contribution in [0.25, 0.3) is 0 Å². The Morgan fingerprint density at radius 2 is 2.00 bits per heavy atom. The third-order valence-corrected chi connectivity index (χ3v) is 4.52. The minimum atomic E-state index is -0.249. The first kappa shape index (κ1) is 17.6. The maximum Gasteiger partial charge on any atom is 0.161 e. The predicted octanol–water partition coefficient (Wildman–Crippen LogP) is 2.68. The molecule has 1 heterocycles. The standard InChI is InChI=1S/C18H27N3O2/c1-5-8-20-9-10-21(13-14(20)2)16(12-19)15-6-7-17(22-3)18(11-15)23-4/h6-7,11,14,16H,5,8-10,13H2,1-4H3. The largest absolute Gasteiger partial charge is 0.493 e. The maximum absolute atomic E-state index is 9.70. The summed E-state index contributed by atoms with van der Waals surface area (Å²) in [5, 5.41) is 9.70. The number of methoxy groups -OCH3 is 2. The van der Waals surface area contributed by atoms with Crippen molar-refractivity contribution in [2.24, 2.45) is 0 Å². The molecule has 2 unspecified atom stereocenters. The van der Waals surface area contributed by atoms with Gasteiger partial charge in [-0.15, -0.1) is 0 Å². The van der Waals surface area contributed by atoms with Gasteiger partial charge >= 0.3 is 0 Å². The Hall–Kier alpha value is -1.77. The smallest absolute Gasteiger partial charge is 0.161 e. The number of piperazine rings is 1. The summed E-state index contributed by atoms with van der Waals surface area (Å²) >= 11 is 0. The van der Waals surface area contributed by atoms with Crippen LogP contribution in [0.3, 0.4) is 0 Å². The van der Waals surface area contributed by atoms with Crippen LogP contribution in [-0.2, 0) is 0 Å². The second-order valence-corrected chi connectivity index (χ2v) is 6.03. The zero-order valence-electron chi connectivity index (χ0n) is 14.6. The number of benzene rings is 1. The van der Waals surface area contributed by atoms with Crippen LogP contribution in [0.15, 0.2) is 18.2 Å². The Morgan fingerprint density at radius 1 is 1.26 bits per heavy atom. The van der Waals surface area contributed by atoms with Gasteiger partial charge in [0.2, 0.25) is 0 Å². The maximum atomic E-state index is 9.70. The van der Waals surface area contributed by atoms with Crippen LogP contribution in [0.2, 0.25) is 0 Å². The number of hydrogen-bond donors (Lipinski definition) is 0. The fourth-order valence-electron chi connectivity index (χ4n) is 3.27. The van der Waals surface area contributed by atoms with E-state index < -0.39 is 0 Å². The van der Waals surface area contributed by atoms with Crippen molar-refractivity contribution in [3.05, 3.63) is 23.8 Å². The van der Waals surface area contributed by atoms with E-state index in [2.05, 4.69) is 29.7 Å². The number of nitrogens with zero attached hydrogens (tertiary/aromatic N) is 3. The quantitative estimate of drug-likeness (QED) is 0.807. The fraction of sp³-hybridized carbons (Fsp3) is 0.611. The lowest BCUT2D eigenvalue weighted by Crippen LogP contribution is -2.52. The summed E-state index contributed by atoms with van der Waals surface area (Å²) in [7, 11) is 3.24. The molecule has 2 rings (SSSR count). The molecule has 0 radical (unpaired) electrons. The molecule has 1 aliphatic rings. The van der Waals surface area contributed by atoms with Crippen LogP contribution < -0.4 is 9.47 Å². The van der Waals surface area contributed by atoms with Crippen molar-refractivity contribution in [3.63, 3.8) is 0 Å². The monoisotopic (exact) mass is 317 g/mol. The van der Waals surface area contributed by atoms with Gasteiger partial charge in [-0.05, 0) is 37.6 Å². The lowest BCUT2D eigenvalue weighted by atomic mass is 10.0. The van der Waals surface area contributed by atoms with Crippen molar-refractivity contribution < 1.29 is 9.47 Å². The van der Waals surface area contributed by atoms with Crippen LogP contribution in [0.1, 0.15) is 31.9 Å². The highest BCUT2D eigenvalue weighted by Crippen LogP contribution is 2.32. The molecule has 1 aromatic carbocycles. The molecule has 1 saturated heterocycles. The van der Waals surface area contributed by atoms with Gasteiger partial charge in [0, 0.05) is 25.7 Å². The molecule has 0 saturated carbocycles. The third-order valence-electron chi connectivity index (χ3n) is 4.52. The van der Waals surface area contributed by atoms with Crippen molar-refractivity contribution in [2.45, 2.75) is 32.4 Å². The number of hydrogen-bond acceptors (Lipinski definition) is 5. The minimum absolute atomic E-state index is 0.249. The fourth-order valence-corrected chi connectivity index (χ4v) is 3.27. The Morgan fingerprint density at radius 3 is 2.57 bits per heavy atom. The molecule has 0 aliphatic carbocycles. The van der Waals surface area contributed by atoms with E-state index in [1.165, 1.54) is 6.42 Å². The number of ether oxygens (including phenoxy) is 2. The molecule has 23 heavy (non-hydrogen) atoms. The summed E-state index contributed by atoms with van der Waals surface area (Å²) in [6, 6.07) is 8.42. The Balaban J connectivity index is 2.16. The first-order valence-electron chi connectivity index (χ1n) is 8.24. The molecular weight excluding hydrogens is 290 g/mol. The van der Waals surface area contributed by atoms with Gasteiger partial charge in [-0.3, -0.25) is 9.80 Å². The molecule has 126 valence electrons. The van der Waals surface area contributed by atoms with Gasteiger partial charge in [-0.2, -0.15) is 5.26 Å². The van der Waals surface area contributed by atoms with Crippen LogP contribution in [0.5, 0.6) is 11.5 Å². The van der Waals surface area contributed by atoms with E-state index in [9.17, 15) is 5.26 Å². The topological polar surface area (TPSA) is 48.7 Å². The van der Waals surface area contributed by atoms with E-state index >= 15 is 0 Å². The van der Waals surface area contributed by atoms with E-state index in [1.807, 2.05) is 18.2 Å². The van der Waals surface area contributed by atoms with Crippen LogP contribution in [0, 0.1) is 11.3 Å². The normalized spacial score (nSPS) is 20.7. The molecule has 1 aromatic rings. The van der Waals surface area contributed by atoms with E-state index in [4.69, 9.17) is 9.47 Å². The van der Waals surface area contributed by atoms with E-state index in [0.717, 1.165) is 31.7 Å². The van der Waals surface area contributed by atoms with Gasteiger partial charge in [0.15, 0.2) is 11.5 Å². The van der Waals surface area contributed by atoms with Crippen LogP contribution in [0.4, 0.5) is 0 Å². The van der Waals surface area contributed by atoms with Crippen LogP contribution in [-0.4, -0.2) is 56.2 Å². The molecule has 0 spiro atoms. The lowest BCUT2D eigenvalue weighted by molar-refractivity contribution is 0.0690. The second-order valence-electron chi connectivity index (χ2n) is 6.03. The molecule has 2 atom stereocenters. The predicted molar refractivity (Wildman–Crippen MR) is 90.8 cm³/mol. The second kappa shape index (κ2) is 8.19. The van der Waals surface area contributed by atoms with Crippen molar-refractivity contribution in [2.75, 3.05) is 40.4 Å². The molecule has 5 heteroatoms. The van der Waals surface area contributed by atoms with Crippen molar-refractivity contribution in [1.29, 1.82) is 5.26 Å². The van der Waals surface area contributed by atoms with E-state index in [0.29, 0.717) is 17.5 Å². The number of rotatable bonds is 6. The first-order valence-corrected chi connectivity index (χ1v) is 8.24. The molecule has 0 N–H and O–H groups in total. The van der Waals surface area contributed by atoms with Gasteiger partial charge in [-0.1, -0.05) is 13.0 Å². The van der Waals surface area contributed by atoms with Gasteiger partial charge in [0.25, 0.3) is 0 Å². The molecule has 1 fully saturated rings.